The number of nitrogen functional groups attached to an aromatic ring is 1. The minimum absolute atomic E-state index is 0.550. The Morgan fingerprint density at radius 1 is 1.12 bits per heavy atom. The second-order valence-corrected chi connectivity index (χ2v) is 4.41. The number of aryl methyl sites for hydroxylation is 1. The molecular formula is C12H11Cl2N3. The summed E-state index contributed by atoms with van der Waals surface area (Å²) in [6, 6.07) is 8.88. The van der Waals surface area contributed by atoms with Crippen molar-refractivity contribution >= 4 is 40.4 Å². The highest BCUT2D eigenvalue weighted by molar-refractivity contribution is 6.39. The summed E-state index contributed by atoms with van der Waals surface area (Å²) < 4.78 is 0. The van der Waals surface area contributed by atoms with Gasteiger partial charge in [-0.25, -0.2) is 4.98 Å². The molecule has 0 atom stereocenters. The van der Waals surface area contributed by atoms with Gasteiger partial charge in [0.2, 0.25) is 0 Å². The Kier molecular flexibility index (Phi) is 3.41. The van der Waals surface area contributed by atoms with Crippen molar-refractivity contribution in [3.05, 3.63) is 46.1 Å². The van der Waals surface area contributed by atoms with Gasteiger partial charge in [-0.05, 0) is 31.2 Å². The van der Waals surface area contributed by atoms with Gasteiger partial charge < -0.3 is 11.1 Å². The molecule has 17 heavy (non-hydrogen) atoms. The van der Waals surface area contributed by atoms with Gasteiger partial charge in [-0.1, -0.05) is 29.3 Å². The van der Waals surface area contributed by atoms with Crippen LogP contribution in [0, 0.1) is 6.92 Å². The lowest BCUT2D eigenvalue weighted by atomic mass is 10.3. The number of anilines is 3. The van der Waals surface area contributed by atoms with Crippen LogP contribution < -0.4 is 11.1 Å². The SMILES string of the molecule is Cc1nc(Nc2c(Cl)cccc2Cl)ccc1N. The minimum Gasteiger partial charge on any atom is -0.397 e. The van der Waals surface area contributed by atoms with Gasteiger partial charge in [-0.15, -0.1) is 0 Å². The highest BCUT2D eigenvalue weighted by atomic mass is 35.5. The molecule has 0 aliphatic carbocycles. The lowest BCUT2D eigenvalue weighted by Gasteiger charge is -2.10. The number of rotatable bonds is 2. The van der Waals surface area contributed by atoms with Gasteiger partial charge in [0.15, 0.2) is 0 Å². The highest BCUT2D eigenvalue weighted by Crippen LogP contribution is 2.32. The lowest BCUT2D eigenvalue weighted by molar-refractivity contribution is 1.20. The van der Waals surface area contributed by atoms with E-state index in [0.717, 1.165) is 5.69 Å². The van der Waals surface area contributed by atoms with Crippen molar-refractivity contribution in [1.29, 1.82) is 0 Å². The number of hydrogen-bond acceptors (Lipinski definition) is 3. The minimum atomic E-state index is 0.550. The van der Waals surface area contributed by atoms with Crippen LogP contribution in [0.15, 0.2) is 30.3 Å². The van der Waals surface area contributed by atoms with Gasteiger partial charge in [0, 0.05) is 0 Å². The van der Waals surface area contributed by atoms with Gasteiger partial charge in [0.1, 0.15) is 5.82 Å². The van der Waals surface area contributed by atoms with Crippen molar-refractivity contribution < 1.29 is 0 Å². The van der Waals surface area contributed by atoms with Crippen LogP contribution >= 0.6 is 23.2 Å². The fourth-order valence-corrected chi connectivity index (χ4v) is 1.88. The average molecular weight is 268 g/mol. The van der Waals surface area contributed by atoms with Crippen LogP contribution in [-0.4, -0.2) is 4.98 Å². The molecule has 0 saturated heterocycles. The van der Waals surface area contributed by atoms with Crippen molar-refractivity contribution in [1.82, 2.24) is 4.98 Å². The molecule has 5 heteroatoms. The molecule has 0 aliphatic heterocycles. The topological polar surface area (TPSA) is 50.9 Å². The van der Waals surface area contributed by atoms with Crippen LogP contribution in [0.2, 0.25) is 10.0 Å². The molecule has 1 aromatic carbocycles. The van der Waals surface area contributed by atoms with Crippen molar-refractivity contribution in [2.45, 2.75) is 6.92 Å². The molecule has 3 N–H and O–H groups in total. The smallest absolute Gasteiger partial charge is 0.130 e. The molecule has 0 fully saturated rings. The van der Waals surface area contributed by atoms with Crippen molar-refractivity contribution in [2.24, 2.45) is 0 Å². The molecule has 2 aromatic rings. The van der Waals surface area contributed by atoms with E-state index in [-0.39, 0.29) is 0 Å². The van der Waals surface area contributed by atoms with E-state index >= 15 is 0 Å². The molecular weight excluding hydrogens is 257 g/mol. The first kappa shape index (κ1) is 12.0. The molecule has 0 amide bonds. The Labute approximate surface area is 110 Å². The Hall–Kier alpha value is -1.45. The Morgan fingerprint density at radius 2 is 1.76 bits per heavy atom. The number of para-hydroxylation sites is 1. The third kappa shape index (κ3) is 2.62. The third-order valence-electron chi connectivity index (χ3n) is 2.34. The predicted octanol–water partition coefficient (Wildman–Crippen LogP) is 4.02. The number of aromatic nitrogens is 1. The second kappa shape index (κ2) is 4.82. The quantitative estimate of drug-likeness (QED) is 0.864. The number of nitrogens with zero attached hydrogens (tertiary/aromatic N) is 1. The van der Waals surface area contributed by atoms with Crippen LogP contribution in [0.1, 0.15) is 5.69 Å². The van der Waals surface area contributed by atoms with Crippen LogP contribution in [-0.2, 0) is 0 Å². The van der Waals surface area contributed by atoms with Crippen LogP contribution in [0.5, 0.6) is 0 Å². The average Bonchev–Trinajstić information content (AvgIpc) is 2.28. The van der Waals surface area contributed by atoms with Crippen molar-refractivity contribution in [3.8, 4) is 0 Å². The van der Waals surface area contributed by atoms with E-state index in [0.29, 0.717) is 27.2 Å². The van der Waals surface area contributed by atoms with Crippen molar-refractivity contribution in [2.75, 3.05) is 11.1 Å². The van der Waals surface area contributed by atoms with E-state index in [1.54, 1.807) is 30.3 Å². The summed E-state index contributed by atoms with van der Waals surface area (Å²) in [7, 11) is 0. The zero-order valence-corrected chi connectivity index (χ0v) is 10.7. The van der Waals surface area contributed by atoms with E-state index in [2.05, 4.69) is 10.3 Å². The maximum Gasteiger partial charge on any atom is 0.130 e. The molecule has 3 nitrogen and oxygen atoms in total. The molecule has 0 spiro atoms. The van der Waals surface area contributed by atoms with Gasteiger partial charge in [-0.3, -0.25) is 0 Å². The maximum atomic E-state index is 6.05. The summed E-state index contributed by atoms with van der Waals surface area (Å²) >= 11 is 12.1. The van der Waals surface area contributed by atoms with E-state index in [9.17, 15) is 0 Å². The van der Waals surface area contributed by atoms with Crippen LogP contribution in [0.4, 0.5) is 17.2 Å². The van der Waals surface area contributed by atoms with Gasteiger partial charge in [0.25, 0.3) is 0 Å². The number of halogens is 2. The zero-order valence-electron chi connectivity index (χ0n) is 9.17. The molecule has 1 aromatic heterocycles. The summed E-state index contributed by atoms with van der Waals surface area (Å²) in [4.78, 5) is 4.30. The van der Waals surface area contributed by atoms with E-state index in [1.165, 1.54) is 0 Å². The largest absolute Gasteiger partial charge is 0.397 e. The summed E-state index contributed by atoms with van der Waals surface area (Å²) in [5, 5.41) is 4.18. The van der Waals surface area contributed by atoms with E-state index in [4.69, 9.17) is 28.9 Å². The van der Waals surface area contributed by atoms with E-state index < -0.39 is 0 Å². The number of benzene rings is 1. The van der Waals surface area contributed by atoms with E-state index in [1.807, 2.05) is 6.92 Å². The summed E-state index contributed by atoms with van der Waals surface area (Å²) in [6.07, 6.45) is 0. The fourth-order valence-electron chi connectivity index (χ4n) is 1.39. The number of nitrogens with two attached hydrogens (primary N) is 1. The third-order valence-corrected chi connectivity index (χ3v) is 2.97. The summed E-state index contributed by atoms with van der Waals surface area (Å²) in [6.45, 7) is 1.84. The van der Waals surface area contributed by atoms with Gasteiger partial charge in [0.05, 0.1) is 27.1 Å². The Morgan fingerprint density at radius 3 is 2.35 bits per heavy atom. The first-order chi connectivity index (χ1) is 8.08. The van der Waals surface area contributed by atoms with Gasteiger partial charge >= 0.3 is 0 Å². The molecule has 0 aliphatic rings. The number of hydrogen-bond donors (Lipinski definition) is 2. The fraction of sp³-hybridized carbons (Fsp3) is 0.0833. The molecule has 2 rings (SSSR count). The normalized spacial score (nSPS) is 10.3. The lowest BCUT2D eigenvalue weighted by Crippen LogP contribution is -1.99. The monoisotopic (exact) mass is 267 g/mol. The molecule has 0 saturated carbocycles. The molecule has 1 heterocycles. The maximum absolute atomic E-state index is 6.05. The summed E-state index contributed by atoms with van der Waals surface area (Å²) in [5.41, 5.74) is 7.76. The first-order valence-electron chi connectivity index (χ1n) is 5.02. The van der Waals surface area contributed by atoms with Crippen molar-refractivity contribution in [3.63, 3.8) is 0 Å². The molecule has 0 bridgehead atoms. The second-order valence-electron chi connectivity index (χ2n) is 3.59. The Balaban J connectivity index is 2.35. The number of nitrogens with one attached hydrogen (secondary N) is 1. The standard InChI is InChI=1S/C12H11Cl2N3/c1-7-10(15)5-6-11(16-7)17-12-8(13)3-2-4-9(12)14/h2-6H,15H2,1H3,(H,16,17). The highest BCUT2D eigenvalue weighted by Gasteiger charge is 2.06. The first-order valence-corrected chi connectivity index (χ1v) is 5.77. The molecule has 0 unspecified atom stereocenters. The number of pyridine rings is 1. The summed E-state index contributed by atoms with van der Waals surface area (Å²) in [5.74, 6) is 0.659. The zero-order chi connectivity index (χ0) is 12.4. The predicted molar refractivity (Wildman–Crippen MR) is 73.1 cm³/mol. The van der Waals surface area contributed by atoms with Crippen LogP contribution in [0.3, 0.4) is 0 Å². The molecule has 0 radical (unpaired) electrons. The van der Waals surface area contributed by atoms with Gasteiger partial charge in [-0.2, -0.15) is 0 Å². The Bertz CT molecular complexity index is 535. The molecule has 88 valence electrons. The van der Waals surface area contributed by atoms with Crippen LogP contribution in [0.25, 0.3) is 0 Å².